The number of benzene rings is 1. The predicted molar refractivity (Wildman–Crippen MR) is 124 cm³/mol. The maximum absolute atomic E-state index is 12.0. The normalized spacial score (nSPS) is 27.4. The number of nitrogens with one attached hydrogen (secondary N) is 1. The SMILES string of the molecule is Cc1nnc(N2CCC[C@H](NS(C)(=O)=O)C2COC2CCC(c3ccccc3)CC2)s1. The minimum absolute atomic E-state index is 0.0809. The summed E-state index contributed by atoms with van der Waals surface area (Å²) >= 11 is 1.55. The molecule has 2 aliphatic rings. The van der Waals surface area contributed by atoms with Gasteiger partial charge in [0.25, 0.3) is 0 Å². The number of rotatable bonds is 7. The van der Waals surface area contributed by atoms with E-state index in [0.717, 1.165) is 55.2 Å². The number of hydrogen-bond donors (Lipinski definition) is 1. The first kappa shape index (κ1) is 22.6. The minimum Gasteiger partial charge on any atom is -0.376 e. The summed E-state index contributed by atoms with van der Waals surface area (Å²) in [5.74, 6) is 0.608. The number of anilines is 1. The van der Waals surface area contributed by atoms with Gasteiger partial charge in [0.1, 0.15) is 5.01 Å². The van der Waals surface area contributed by atoms with E-state index in [1.165, 1.54) is 11.8 Å². The molecule has 0 spiro atoms. The smallest absolute Gasteiger partial charge is 0.209 e. The highest BCUT2D eigenvalue weighted by Crippen LogP contribution is 2.35. The molecule has 0 bridgehead atoms. The van der Waals surface area contributed by atoms with Gasteiger partial charge in [0.15, 0.2) is 0 Å². The predicted octanol–water partition coefficient (Wildman–Crippen LogP) is 3.48. The number of ether oxygens (including phenoxy) is 1. The van der Waals surface area contributed by atoms with Crippen LogP contribution in [0.25, 0.3) is 0 Å². The molecule has 0 amide bonds. The van der Waals surface area contributed by atoms with Crippen molar-refractivity contribution in [1.82, 2.24) is 14.9 Å². The third-order valence-electron chi connectivity index (χ3n) is 6.35. The number of aryl methyl sites for hydroxylation is 1. The molecule has 1 aliphatic heterocycles. The van der Waals surface area contributed by atoms with Crippen molar-refractivity contribution in [2.75, 3.05) is 24.3 Å². The first-order valence-corrected chi connectivity index (χ1v) is 13.8. The molecule has 2 fully saturated rings. The van der Waals surface area contributed by atoms with Crippen LogP contribution in [0.4, 0.5) is 5.13 Å². The van der Waals surface area contributed by atoms with Crippen LogP contribution in [-0.2, 0) is 14.8 Å². The number of aromatic nitrogens is 2. The fraction of sp³-hybridized carbons (Fsp3) is 0.636. The summed E-state index contributed by atoms with van der Waals surface area (Å²) in [6.45, 7) is 3.27. The highest BCUT2D eigenvalue weighted by molar-refractivity contribution is 7.88. The van der Waals surface area contributed by atoms with Gasteiger partial charge in [-0.25, -0.2) is 13.1 Å². The van der Waals surface area contributed by atoms with E-state index in [1.807, 2.05) is 6.92 Å². The van der Waals surface area contributed by atoms with Crippen LogP contribution in [0.5, 0.6) is 0 Å². The molecule has 31 heavy (non-hydrogen) atoms. The van der Waals surface area contributed by atoms with Crippen LogP contribution in [-0.4, -0.2) is 56.2 Å². The minimum atomic E-state index is -3.30. The molecule has 2 atom stereocenters. The Hall–Kier alpha value is -1.55. The van der Waals surface area contributed by atoms with Gasteiger partial charge in [-0.3, -0.25) is 0 Å². The summed E-state index contributed by atoms with van der Waals surface area (Å²) in [7, 11) is -3.30. The number of piperidine rings is 1. The summed E-state index contributed by atoms with van der Waals surface area (Å²) in [4.78, 5) is 2.19. The molecule has 7 nitrogen and oxygen atoms in total. The summed E-state index contributed by atoms with van der Waals surface area (Å²) in [6.07, 6.45) is 7.49. The second-order valence-corrected chi connectivity index (χ2v) is 11.7. The van der Waals surface area contributed by atoms with E-state index in [0.29, 0.717) is 12.5 Å². The Morgan fingerprint density at radius 3 is 2.52 bits per heavy atom. The van der Waals surface area contributed by atoms with Gasteiger partial charge in [0.05, 0.1) is 25.0 Å². The molecular formula is C22H32N4O3S2. The Morgan fingerprint density at radius 1 is 1.13 bits per heavy atom. The third kappa shape index (κ3) is 6.03. The molecule has 1 saturated heterocycles. The van der Waals surface area contributed by atoms with Gasteiger partial charge in [-0.2, -0.15) is 0 Å². The second kappa shape index (κ2) is 9.94. The molecule has 4 rings (SSSR count). The van der Waals surface area contributed by atoms with E-state index < -0.39 is 10.0 Å². The van der Waals surface area contributed by atoms with E-state index >= 15 is 0 Å². The molecule has 1 unspecified atom stereocenters. The number of hydrogen-bond acceptors (Lipinski definition) is 7. The van der Waals surface area contributed by atoms with E-state index in [4.69, 9.17) is 4.74 Å². The van der Waals surface area contributed by atoms with Crippen molar-refractivity contribution in [2.24, 2.45) is 0 Å². The van der Waals surface area contributed by atoms with Crippen LogP contribution >= 0.6 is 11.3 Å². The monoisotopic (exact) mass is 464 g/mol. The molecule has 1 saturated carbocycles. The van der Waals surface area contributed by atoms with Gasteiger partial charge in [-0.05, 0) is 56.9 Å². The van der Waals surface area contributed by atoms with Crippen LogP contribution in [0.15, 0.2) is 30.3 Å². The largest absolute Gasteiger partial charge is 0.376 e. The van der Waals surface area contributed by atoms with Crippen molar-refractivity contribution >= 4 is 26.5 Å². The van der Waals surface area contributed by atoms with Gasteiger partial charge < -0.3 is 9.64 Å². The van der Waals surface area contributed by atoms with Gasteiger partial charge in [0, 0.05) is 12.6 Å². The average Bonchev–Trinajstić information content (AvgIpc) is 3.19. The number of nitrogens with zero attached hydrogens (tertiary/aromatic N) is 3. The lowest BCUT2D eigenvalue weighted by Crippen LogP contribution is -2.57. The fourth-order valence-corrected chi connectivity index (χ4v) is 6.43. The molecule has 1 aromatic heterocycles. The van der Waals surface area contributed by atoms with Crippen molar-refractivity contribution in [2.45, 2.75) is 69.6 Å². The zero-order valence-corrected chi connectivity index (χ0v) is 19.9. The Labute approximate surface area is 189 Å². The second-order valence-electron chi connectivity index (χ2n) is 8.72. The molecule has 2 aromatic rings. The average molecular weight is 465 g/mol. The van der Waals surface area contributed by atoms with Gasteiger partial charge in [0.2, 0.25) is 15.2 Å². The van der Waals surface area contributed by atoms with E-state index in [1.54, 1.807) is 11.3 Å². The van der Waals surface area contributed by atoms with Gasteiger partial charge in [-0.1, -0.05) is 41.7 Å². The highest BCUT2D eigenvalue weighted by atomic mass is 32.2. The molecule has 9 heteroatoms. The maximum Gasteiger partial charge on any atom is 0.209 e. The molecule has 1 aliphatic carbocycles. The first-order valence-electron chi connectivity index (χ1n) is 11.1. The van der Waals surface area contributed by atoms with E-state index in [9.17, 15) is 8.42 Å². The van der Waals surface area contributed by atoms with Crippen molar-refractivity contribution < 1.29 is 13.2 Å². The molecular weight excluding hydrogens is 432 g/mol. The van der Waals surface area contributed by atoms with E-state index in [-0.39, 0.29) is 18.2 Å². The van der Waals surface area contributed by atoms with Crippen molar-refractivity contribution in [3.63, 3.8) is 0 Å². The molecule has 1 aromatic carbocycles. The highest BCUT2D eigenvalue weighted by Gasteiger charge is 2.36. The Kier molecular flexibility index (Phi) is 7.26. The summed E-state index contributed by atoms with van der Waals surface area (Å²) in [6, 6.07) is 10.5. The lowest BCUT2D eigenvalue weighted by Gasteiger charge is -2.41. The third-order valence-corrected chi connectivity index (χ3v) is 7.96. The van der Waals surface area contributed by atoms with Crippen molar-refractivity contribution in [3.05, 3.63) is 40.9 Å². The lowest BCUT2D eigenvalue weighted by molar-refractivity contribution is 0.0102. The van der Waals surface area contributed by atoms with E-state index in [2.05, 4.69) is 50.2 Å². The quantitative estimate of drug-likeness (QED) is 0.675. The summed E-state index contributed by atoms with van der Waals surface area (Å²) < 4.78 is 33.2. The van der Waals surface area contributed by atoms with Crippen molar-refractivity contribution in [1.29, 1.82) is 0 Å². The molecule has 1 N–H and O–H groups in total. The van der Waals surface area contributed by atoms with Gasteiger partial charge in [-0.15, -0.1) is 10.2 Å². The Morgan fingerprint density at radius 2 is 1.87 bits per heavy atom. The first-order chi connectivity index (χ1) is 14.9. The zero-order valence-electron chi connectivity index (χ0n) is 18.2. The number of sulfonamides is 1. The Balaban J connectivity index is 1.40. The Bertz CT molecular complexity index is 943. The molecule has 0 radical (unpaired) electrons. The maximum atomic E-state index is 12.0. The van der Waals surface area contributed by atoms with Crippen LogP contribution in [0.1, 0.15) is 55.0 Å². The van der Waals surface area contributed by atoms with Crippen LogP contribution < -0.4 is 9.62 Å². The van der Waals surface area contributed by atoms with Crippen LogP contribution in [0.2, 0.25) is 0 Å². The summed E-state index contributed by atoms with van der Waals surface area (Å²) in [5.41, 5.74) is 1.42. The topological polar surface area (TPSA) is 84.4 Å². The molecule has 170 valence electrons. The van der Waals surface area contributed by atoms with Crippen LogP contribution in [0, 0.1) is 6.92 Å². The fourth-order valence-electron chi connectivity index (χ4n) is 4.84. The standard InChI is InChI=1S/C22H32N4O3S2/c1-16-23-24-22(30-16)26-14-6-9-20(25-31(2,27)28)21(26)15-29-19-12-10-18(11-13-19)17-7-4-3-5-8-17/h3-5,7-8,18-21,25H,6,9-15H2,1-2H3/t18?,19?,20-,21?/m0/s1. The van der Waals surface area contributed by atoms with Crippen LogP contribution in [0.3, 0.4) is 0 Å². The van der Waals surface area contributed by atoms with Gasteiger partial charge >= 0.3 is 0 Å². The zero-order chi connectivity index (χ0) is 21.8. The molecule has 2 heterocycles. The van der Waals surface area contributed by atoms with Crippen molar-refractivity contribution in [3.8, 4) is 0 Å². The lowest BCUT2D eigenvalue weighted by atomic mass is 9.83. The summed E-state index contributed by atoms with van der Waals surface area (Å²) in [5, 5.41) is 10.2.